The summed E-state index contributed by atoms with van der Waals surface area (Å²) < 4.78 is 1.63. The number of aromatic carboxylic acids is 1. The average Bonchev–Trinajstić information content (AvgIpc) is 2.73. The number of aryl methyl sites for hydroxylation is 2. The summed E-state index contributed by atoms with van der Waals surface area (Å²) in [5.74, 6) is -1.01. The fourth-order valence-corrected chi connectivity index (χ4v) is 2.18. The lowest BCUT2D eigenvalue weighted by Crippen LogP contribution is -2.09. The van der Waals surface area contributed by atoms with Crippen LogP contribution in [0.4, 0.5) is 0 Å². The van der Waals surface area contributed by atoms with Crippen molar-refractivity contribution in [2.75, 3.05) is 0 Å². The third kappa shape index (κ3) is 2.36. The molecule has 1 heterocycles. The molecule has 0 aliphatic heterocycles. The first-order chi connectivity index (χ1) is 8.91. The standard InChI is InChI=1S/C14H17N3O2/c1-8(2)13-12(14(18)19)15-16-17(13)11-6-5-9(3)7-10(11)4/h5-8H,1-4H3,(H,18,19). The molecule has 0 aliphatic rings. The molecule has 0 saturated heterocycles. The molecule has 0 bridgehead atoms. The number of carboxylic acids is 1. The molecule has 5 heteroatoms. The van der Waals surface area contributed by atoms with Gasteiger partial charge in [0, 0.05) is 0 Å². The molecule has 0 amide bonds. The average molecular weight is 259 g/mol. The largest absolute Gasteiger partial charge is 0.476 e. The van der Waals surface area contributed by atoms with Gasteiger partial charge in [0.1, 0.15) is 0 Å². The van der Waals surface area contributed by atoms with Crippen molar-refractivity contribution in [1.82, 2.24) is 15.0 Å². The molecule has 1 N–H and O–H groups in total. The molecule has 0 aliphatic carbocycles. The lowest BCUT2D eigenvalue weighted by atomic mass is 10.1. The Morgan fingerprint density at radius 2 is 2.00 bits per heavy atom. The van der Waals surface area contributed by atoms with Crippen LogP contribution in [0.2, 0.25) is 0 Å². The predicted molar refractivity (Wildman–Crippen MR) is 71.9 cm³/mol. The molecular weight excluding hydrogens is 242 g/mol. The molecule has 0 saturated carbocycles. The molecule has 1 aromatic carbocycles. The van der Waals surface area contributed by atoms with Gasteiger partial charge in [0.05, 0.1) is 11.4 Å². The molecule has 2 rings (SSSR count). The Kier molecular flexibility index (Phi) is 3.38. The number of rotatable bonds is 3. The normalized spacial score (nSPS) is 11.0. The van der Waals surface area contributed by atoms with Gasteiger partial charge in [-0.3, -0.25) is 0 Å². The Labute approximate surface area is 111 Å². The number of hydrogen-bond acceptors (Lipinski definition) is 3. The summed E-state index contributed by atoms with van der Waals surface area (Å²) in [7, 11) is 0. The second-order valence-electron chi connectivity index (χ2n) is 4.98. The van der Waals surface area contributed by atoms with Gasteiger partial charge in [-0.15, -0.1) is 5.10 Å². The summed E-state index contributed by atoms with van der Waals surface area (Å²) >= 11 is 0. The first kappa shape index (κ1) is 13.3. The number of nitrogens with zero attached hydrogens (tertiary/aromatic N) is 3. The smallest absolute Gasteiger partial charge is 0.358 e. The fraction of sp³-hybridized carbons (Fsp3) is 0.357. The number of benzene rings is 1. The maximum atomic E-state index is 11.2. The van der Waals surface area contributed by atoms with E-state index in [1.54, 1.807) is 4.68 Å². The Bertz CT molecular complexity index is 630. The highest BCUT2D eigenvalue weighted by Crippen LogP contribution is 2.23. The van der Waals surface area contributed by atoms with Crippen LogP contribution in [-0.4, -0.2) is 26.1 Å². The van der Waals surface area contributed by atoms with E-state index in [1.807, 2.05) is 45.9 Å². The molecule has 5 nitrogen and oxygen atoms in total. The molecule has 2 aromatic rings. The Balaban J connectivity index is 2.65. The molecule has 0 unspecified atom stereocenters. The predicted octanol–water partition coefficient (Wildman–Crippen LogP) is 2.71. The second kappa shape index (κ2) is 4.84. The first-order valence-electron chi connectivity index (χ1n) is 6.18. The zero-order chi connectivity index (χ0) is 14.2. The van der Waals surface area contributed by atoms with Crippen LogP contribution in [0.15, 0.2) is 18.2 Å². The summed E-state index contributed by atoms with van der Waals surface area (Å²) in [6.07, 6.45) is 0. The van der Waals surface area contributed by atoms with E-state index in [4.69, 9.17) is 0 Å². The highest BCUT2D eigenvalue weighted by molar-refractivity contribution is 5.86. The molecule has 0 atom stereocenters. The molecule has 100 valence electrons. The van der Waals surface area contributed by atoms with Crippen molar-refractivity contribution in [3.8, 4) is 5.69 Å². The van der Waals surface area contributed by atoms with E-state index in [-0.39, 0.29) is 11.6 Å². The van der Waals surface area contributed by atoms with Crippen molar-refractivity contribution in [2.45, 2.75) is 33.6 Å². The summed E-state index contributed by atoms with van der Waals surface area (Å²) in [5.41, 5.74) is 3.72. The monoisotopic (exact) mass is 259 g/mol. The van der Waals surface area contributed by atoms with Crippen molar-refractivity contribution in [2.24, 2.45) is 0 Å². The van der Waals surface area contributed by atoms with Crippen LogP contribution in [0.5, 0.6) is 0 Å². The molecule has 0 fully saturated rings. The van der Waals surface area contributed by atoms with Gasteiger partial charge in [-0.05, 0) is 31.4 Å². The van der Waals surface area contributed by atoms with Crippen molar-refractivity contribution < 1.29 is 9.90 Å². The topological polar surface area (TPSA) is 68.0 Å². The highest BCUT2D eigenvalue weighted by atomic mass is 16.4. The second-order valence-corrected chi connectivity index (χ2v) is 4.98. The van der Waals surface area contributed by atoms with Crippen LogP contribution in [0.25, 0.3) is 5.69 Å². The zero-order valence-corrected chi connectivity index (χ0v) is 11.5. The van der Waals surface area contributed by atoms with Gasteiger partial charge in [0.2, 0.25) is 0 Å². The van der Waals surface area contributed by atoms with E-state index in [9.17, 15) is 9.90 Å². The number of carboxylic acid groups (broad SMARTS) is 1. The zero-order valence-electron chi connectivity index (χ0n) is 11.5. The minimum Gasteiger partial charge on any atom is -0.476 e. The van der Waals surface area contributed by atoms with E-state index >= 15 is 0 Å². The summed E-state index contributed by atoms with van der Waals surface area (Å²) in [5, 5.41) is 17.0. The van der Waals surface area contributed by atoms with Crippen LogP contribution in [-0.2, 0) is 0 Å². The number of carbonyl (C=O) groups is 1. The summed E-state index contributed by atoms with van der Waals surface area (Å²) in [6, 6.07) is 5.97. The first-order valence-corrected chi connectivity index (χ1v) is 6.18. The highest BCUT2D eigenvalue weighted by Gasteiger charge is 2.22. The van der Waals surface area contributed by atoms with Crippen molar-refractivity contribution in [3.63, 3.8) is 0 Å². The van der Waals surface area contributed by atoms with Crippen LogP contribution >= 0.6 is 0 Å². The van der Waals surface area contributed by atoms with Gasteiger partial charge in [0.25, 0.3) is 0 Å². The van der Waals surface area contributed by atoms with Crippen LogP contribution in [0.3, 0.4) is 0 Å². The van der Waals surface area contributed by atoms with E-state index in [1.165, 1.54) is 0 Å². The van der Waals surface area contributed by atoms with Gasteiger partial charge in [-0.2, -0.15) is 0 Å². The third-order valence-corrected chi connectivity index (χ3v) is 3.03. The van der Waals surface area contributed by atoms with E-state index in [0.717, 1.165) is 16.8 Å². The van der Waals surface area contributed by atoms with Crippen LogP contribution in [0.1, 0.15) is 47.1 Å². The number of hydrogen-bond donors (Lipinski definition) is 1. The van der Waals surface area contributed by atoms with Crippen molar-refractivity contribution in [1.29, 1.82) is 0 Å². The molecule has 1 aromatic heterocycles. The van der Waals surface area contributed by atoms with Gasteiger partial charge < -0.3 is 5.11 Å². The minimum absolute atomic E-state index is 0.0231. The van der Waals surface area contributed by atoms with Crippen molar-refractivity contribution >= 4 is 5.97 Å². The number of aromatic nitrogens is 3. The van der Waals surface area contributed by atoms with E-state index < -0.39 is 5.97 Å². The molecule has 0 radical (unpaired) electrons. The van der Waals surface area contributed by atoms with Crippen LogP contribution in [0, 0.1) is 13.8 Å². The SMILES string of the molecule is Cc1ccc(-n2nnc(C(=O)O)c2C(C)C)c(C)c1. The van der Waals surface area contributed by atoms with E-state index in [2.05, 4.69) is 10.3 Å². The van der Waals surface area contributed by atoms with Gasteiger partial charge in [-0.1, -0.05) is 36.8 Å². The van der Waals surface area contributed by atoms with Crippen LogP contribution < -0.4 is 0 Å². The van der Waals surface area contributed by atoms with Crippen molar-refractivity contribution in [3.05, 3.63) is 40.7 Å². The summed E-state index contributed by atoms with van der Waals surface area (Å²) in [4.78, 5) is 11.2. The Morgan fingerprint density at radius 1 is 1.32 bits per heavy atom. The maximum Gasteiger partial charge on any atom is 0.358 e. The lowest BCUT2D eigenvalue weighted by molar-refractivity contribution is 0.0688. The molecule has 0 spiro atoms. The fourth-order valence-electron chi connectivity index (χ4n) is 2.18. The lowest BCUT2D eigenvalue weighted by Gasteiger charge is -2.12. The Hall–Kier alpha value is -2.17. The van der Waals surface area contributed by atoms with Gasteiger partial charge >= 0.3 is 5.97 Å². The maximum absolute atomic E-state index is 11.2. The summed E-state index contributed by atoms with van der Waals surface area (Å²) in [6.45, 7) is 7.87. The quantitative estimate of drug-likeness (QED) is 0.920. The molecular formula is C14H17N3O2. The minimum atomic E-state index is -1.04. The Morgan fingerprint density at radius 3 is 2.53 bits per heavy atom. The van der Waals surface area contributed by atoms with Gasteiger partial charge in [0.15, 0.2) is 5.69 Å². The third-order valence-electron chi connectivity index (χ3n) is 3.03. The van der Waals surface area contributed by atoms with Gasteiger partial charge in [-0.25, -0.2) is 9.48 Å². The molecule has 19 heavy (non-hydrogen) atoms. The van der Waals surface area contributed by atoms with E-state index in [0.29, 0.717) is 5.69 Å².